The van der Waals surface area contributed by atoms with Gasteiger partial charge in [0, 0.05) is 12.0 Å². The lowest BCUT2D eigenvalue weighted by molar-refractivity contribution is 0.0994. The summed E-state index contributed by atoms with van der Waals surface area (Å²) in [4.78, 5) is 11.7. The predicted octanol–water partition coefficient (Wildman–Crippen LogP) is 3.70. The Hall–Kier alpha value is -2.09. The molecule has 0 atom stereocenters. The van der Waals surface area contributed by atoms with Crippen LogP contribution in [0.4, 0.5) is 0 Å². The van der Waals surface area contributed by atoms with E-state index in [1.807, 2.05) is 18.2 Å². The number of benzene rings is 2. The van der Waals surface area contributed by atoms with Crippen molar-refractivity contribution in [1.29, 1.82) is 0 Å². The van der Waals surface area contributed by atoms with Crippen molar-refractivity contribution in [2.45, 2.75) is 26.4 Å². The maximum absolute atomic E-state index is 11.7. The molecule has 0 spiro atoms. The molecule has 0 fully saturated rings. The van der Waals surface area contributed by atoms with E-state index in [-0.39, 0.29) is 5.78 Å². The summed E-state index contributed by atoms with van der Waals surface area (Å²) in [6.07, 6.45) is 1.50. The van der Waals surface area contributed by atoms with Gasteiger partial charge in [0.15, 0.2) is 5.78 Å². The molecule has 0 saturated carbocycles. The van der Waals surface area contributed by atoms with Crippen molar-refractivity contribution in [3.05, 3.63) is 64.7 Å². The maximum atomic E-state index is 11.7. The second-order valence-corrected chi connectivity index (χ2v) is 5.02. The van der Waals surface area contributed by atoms with Gasteiger partial charge < -0.3 is 4.74 Å². The molecule has 2 nitrogen and oxygen atoms in total. The van der Waals surface area contributed by atoms with Gasteiger partial charge in [0.2, 0.25) is 0 Å². The molecule has 0 amide bonds. The average Bonchev–Trinajstić information content (AvgIpc) is 2.80. The van der Waals surface area contributed by atoms with Crippen molar-refractivity contribution in [2.24, 2.45) is 0 Å². The molecule has 19 heavy (non-hydrogen) atoms. The van der Waals surface area contributed by atoms with E-state index in [0.717, 1.165) is 28.9 Å². The van der Waals surface area contributed by atoms with Crippen molar-refractivity contribution in [1.82, 2.24) is 0 Å². The summed E-state index contributed by atoms with van der Waals surface area (Å²) in [5.41, 5.74) is 4.36. The number of fused-ring (bicyclic) bond motifs is 1. The van der Waals surface area contributed by atoms with Crippen molar-refractivity contribution in [2.75, 3.05) is 0 Å². The summed E-state index contributed by atoms with van der Waals surface area (Å²) in [7, 11) is 0. The molecule has 0 aromatic heterocycles. The average molecular weight is 252 g/mol. The first-order chi connectivity index (χ1) is 9.22. The molecule has 2 aromatic carbocycles. The second-order valence-electron chi connectivity index (χ2n) is 5.02. The highest BCUT2D eigenvalue weighted by Gasteiger charge is 2.19. The third-order valence-corrected chi connectivity index (χ3v) is 3.53. The number of ketones is 1. The van der Waals surface area contributed by atoms with Crippen LogP contribution >= 0.6 is 0 Å². The van der Waals surface area contributed by atoms with Crippen molar-refractivity contribution < 1.29 is 9.53 Å². The van der Waals surface area contributed by atoms with Gasteiger partial charge in [0.25, 0.3) is 0 Å². The topological polar surface area (TPSA) is 26.3 Å². The summed E-state index contributed by atoms with van der Waals surface area (Å²) >= 11 is 0. The number of Topliss-reactive ketones (excluding diaryl/α,β-unsaturated/α-hetero) is 1. The van der Waals surface area contributed by atoms with Crippen LogP contribution in [0.25, 0.3) is 0 Å². The molecular weight excluding hydrogens is 236 g/mol. The van der Waals surface area contributed by atoms with Gasteiger partial charge in [-0.2, -0.15) is 0 Å². The van der Waals surface area contributed by atoms with Gasteiger partial charge in [-0.25, -0.2) is 0 Å². The highest BCUT2D eigenvalue weighted by molar-refractivity contribution is 6.00. The van der Waals surface area contributed by atoms with Gasteiger partial charge in [-0.3, -0.25) is 4.79 Å². The minimum absolute atomic E-state index is 0.232. The Kier molecular flexibility index (Phi) is 3.08. The van der Waals surface area contributed by atoms with Gasteiger partial charge in [0.05, 0.1) is 0 Å². The third-order valence-electron chi connectivity index (χ3n) is 3.53. The van der Waals surface area contributed by atoms with Crippen LogP contribution in [0.2, 0.25) is 0 Å². The highest BCUT2D eigenvalue weighted by atomic mass is 16.5. The molecule has 2 heteroatoms. The molecule has 0 unspecified atom stereocenters. The van der Waals surface area contributed by atoms with Crippen LogP contribution in [0.1, 0.15) is 33.5 Å². The molecule has 1 aliphatic rings. The zero-order valence-electron chi connectivity index (χ0n) is 11.0. The number of rotatable bonds is 3. The molecule has 96 valence electrons. The lowest BCUT2D eigenvalue weighted by atomic mass is 10.1. The van der Waals surface area contributed by atoms with Crippen LogP contribution in [-0.2, 0) is 13.0 Å². The van der Waals surface area contributed by atoms with Crippen LogP contribution in [0.15, 0.2) is 42.5 Å². The second kappa shape index (κ2) is 4.88. The lowest BCUT2D eigenvalue weighted by Gasteiger charge is -2.08. The summed E-state index contributed by atoms with van der Waals surface area (Å²) in [6.45, 7) is 2.60. The van der Waals surface area contributed by atoms with Gasteiger partial charge in [-0.05, 0) is 36.6 Å². The van der Waals surface area contributed by atoms with Crippen LogP contribution < -0.4 is 4.74 Å². The van der Waals surface area contributed by atoms with E-state index in [4.69, 9.17) is 4.74 Å². The molecule has 0 N–H and O–H groups in total. The zero-order valence-corrected chi connectivity index (χ0v) is 11.0. The zero-order chi connectivity index (χ0) is 13.2. The minimum Gasteiger partial charge on any atom is -0.489 e. The molecule has 2 aromatic rings. The van der Waals surface area contributed by atoms with Crippen LogP contribution in [0.5, 0.6) is 5.75 Å². The van der Waals surface area contributed by atoms with E-state index >= 15 is 0 Å². The molecule has 0 radical (unpaired) electrons. The summed E-state index contributed by atoms with van der Waals surface area (Å²) < 4.78 is 5.75. The predicted molar refractivity (Wildman–Crippen MR) is 74.6 cm³/mol. The Bertz CT molecular complexity index is 612. The molecule has 1 aliphatic carbocycles. The Balaban J connectivity index is 1.72. The standard InChI is InChI=1S/C17H16O2/c1-12-2-4-13(5-3-12)11-19-15-8-6-14-7-9-17(18)16(14)10-15/h2-6,8,10H,7,9,11H2,1H3. The fraction of sp³-hybridized carbons (Fsp3) is 0.235. The van der Waals surface area contributed by atoms with Crippen LogP contribution in [-0.4, -0.2) is 5.78 Å². The third kappa shape index (κ3) is 2.53. The van der Waals surface area contributed by atoms with E-state index in [2.05, 4.69) is 31.2 Å². The first-order valence-electron chi connectivity index (χ1n) is 6.57. The maximum Gasteiger partial charge on any atom is 0.163 e. The fourth-order valence-corrected chi connectivity index (χ4v) is 2.36. The SMILES string of the molecule is Cc1ccc(COc2ccc3c(c2)C(=O)CC3)cc1. The van der Waals surface area contributed by atoms with E-state index in [9.17, 15) is 4.79 Å². The van der Waals surface area contributed by atoms with Crippen LogP contribution in [0, 0.1) is 6.92 Å². The summed E-state index contributed by atoms with van der Waals surface area (Å²) in [5.74, 6) is 1.00. The fourth-order valence-electron chi connectivity index (χ4n) is 2.36. The summed E-state index contributed by atoms with van der Waals surface area (Å²) in [5, 5.41) is 0. The molecule has 0 aliphatic heterocycles. The Labute approximate surface area is 113 Å². The van der Waals surface area contributed by atoms with Crippen molar-refractivity contribution in [3.8, 4) is 5.75 Å². The van der Waals surface area contributed by atoms with E-state index in [1.54, 1.807) is 0 Å². The normalized spacial score (nSPS) is 13.4. The van der Waals surface area contributed by atoms with E-state index in [1.165, 1.54) is 5.56 Å². The molecule has 0 heterocycles. The number of carbonyl (C=O) groups excluding carboxylic acids is 1. The molecule has 3 rings (SSSR count). The Morgan fingerprint density at radius 3 is 2.63 bits per heavy atom. The molecule has 0 bridgehead atoms. The van der Waals surface area contributed by atoms with Gasteiger partial charge in [-0.15, -0.1) is 0 Å². The Morgan fingerprint density at radius 1 is 1.05 bits per heavy atom. The Morgan fingerprint density at radius 2 is 1.84 bits per heavy atom. The minimum atomic E-state index is 0.232. The monoisotopic (exact) mass is 252 g/mol. The highest BCUT2D eigenvalue weighted by Crippen LogP contribution is 2.26. The largest absolute Gasteiger partial charge is 0.489 e. The number of hydrogen-bond donors (Lipinski definition) is 0. The van der Waals surface area contributed by atoms with Gasteiger partial charge >= 0.3 is 0 Å². The quantitative estimate of drug-likeness (QED) is 0.832. The van der Waals surface area contributed by atoms with Crippen molar-refractivity contribution >= 4 is 5.78 Å². The van der Waals surface area contributed by atoms with Crippen LogP contribution in [0.3, 0.4) is 0 Å². The van der Waals surface area contributed by atoms with E-state index in [0.29, 0.717) is 13.0 Å². The van der Waals surface area contributed by atoms with E-state index < -0.39 is 0 Å². The molecular formula is C17H16O2. The smallest absolute Gasteiger partial charge is 0.163 e. The lowest BCUT2D eigenvalue weighted by Crippen LogP contribution is -1.97. The van der Waals surface area contributed by atoms with Gasteiger partial charge in [-0.1, -0.05) is 35.9 Å². The first-order valence-corrected chi connectivity index (χ1v) is 6.57. The number of aryl methyl sites for hydroxylation is 2. The summed E-state index contributed by atoms with van der Waals surface area (Å²) in [6, 6.07) is 14.1. The number of carbonyl (C=O) groups is 1. The molecule has 0 saturated heterocycles. The number of ether oxygens (including phenoxy) is 1. The van der Waals surface area contributed by atoms with Gasteiger partial charge in [0.1, 0.15) is 12.4 Å². The number of hydrogen-bond acceptors (Lipinski definition) is 2. The first kappa shape index (κ1) is 12.0. The van der Waals surface area contributed by atoms with Crippen molar-refractivity contribution in [3.63, 3.8) is 0 Å².